The summed E-state index contributed by atoms with van der Waals surface area (Å²) in [6, 6.07) is -0.421. The minimum atomic E-state index is -1.04. The smallest absolute Gasteiger partial charge is 0.324 e. The minimum Gasteiger partial charge on any atom is -0.481 e. The predicted molar refractivity (Wildman–Crippen MR) is 59.3 cm³/mol. The van der Waals surface area contributed by atoms with Crippen LogP contribution < -0.4 is 5.32 Å². The van der Waals surface area contributed by atoms with Crippen molar-refractivity contribution < 1.29 is 19.5 Å². The van der Waals surface area contributed by atoms with Gasteiger partial charge in [-0.05, 0) is 0 Å². The molecule has 1 aliphatic rings. The Bertz CT molecular complexity index is 289. The summed E-state index contributed by atoms with van der Waals surface area (Å²) in [6.45, 7) is 1.26. The highest BCUT2D eigenvalue weighted by Gasteiger charge is 2.18. The molecule has 0 bridgehead atoms. The summed E-state index contributed by atoms with van der Waals surface area (Å²) in [5, 5.41) is 10.5. The molecule has 0 unspecified atom stereocenters. The third kappa shape index (κ3) is 4.52. The highest BCUT2D eigenvalue weighted by molar-refractivity contribution is 7.99. The Morgan fingerprint density at radius 3 is 2.38 bits per heavy atom. The van der Waals surface area contributed by atoms with Crippen LogP contribution >= 0.6 is 11.8 Å². The van der Waals surface area contributed by atoms with E-state index in [1.54, 1.807) is 16.7 Å². The second kappa shape index (κ2) is 6.37. The summed E-state index contributed by atoms with van der Waals surface area (Å²) in [7, 11) is 0. The first-order chi connectivity index (χ1) is 7.59. The molecule has 0 aromatic carbocycles. The molecule has 1 fully saturated rings. The summed E-state index contributed by atoms with van der Waals surface area (Å²) < 4.78 is 0. The third-order valence-corrected chi connectivity index (χ3v) is 3.05. The molecular weight excluding hydrogens is 232 g/mol. The van der Waals surface area contributed by atoms with E-state index in [9.17, 15) is 14.4 Å². The van der Waals surface area contributed by atoms with Crippen molar-refractivity contribution >= 4 is 29.7 Å². The lowest BCUT2D eigenvalue weighted by atomic mass is 10.3. The van der Waals surface area contributed by atoms with Gasteiger partial charge in [0, 0.05) is 31.0 Å². The largest absolute Gasteiger partial charge is 0.481 e. The first-order valence-corrected chi connectivity index (χ1v) is 6.13. The summed E-state index contributed by atoms with van der Waals surface area (Å²) in [4.78, 5) is 34.4. The zero-order valence-corrected chi connectivity index (χ0v) is 9.59. The number of carbonyl (C=O) groups is 3. The van der Waals surface area contributed by atoms with E-state index in [1.165, 1.54) is 0 Å². The number of amides is 3. The van der Waals surface area contributed by atoms with Crippen LogP contribution in [0.25, 0.3) is 0 Å². The van der Waals surface area contributed by atoms with Gasteiger partial charge in [-0.3, -0.25) is 14.9 Å². The molecule has 0 radical (unpaired) electrons. The zero-order valence-electron chi connectivity index (χ0n) is 8.77. The Kier molecular flexibility index (Phi) is 5.10. The third-order valence-electron chi connectivity index (χ3n) is 2.11. The second-order valence-electron chi connectivity index (χ2n) is 3.35. The van der Waals surface area contributed by atoms with E-state index in [1.807, 2.05) is 0 Å². The van der Waals surface area contributed by atoms with Crippen molar-refractivity contribution in [3.8, 4) is 0 Å². The Morgan fingerprint density at radius 1 is 1.19 bits per heavy atom. The number of hydrogen-bond donors (Lipinski definition) is 2. The fraction of sp³-hybridized carbons (Fsp3) is 0.667. The van der Waals surface area contributed by atoms with Crippen LogP contribution in [0.3, 0.4) is 0 Å². The van der Waals surface area contributed by atoms with Gasteiger partial charge in [-0.15, -0.1) is 0 Å². The van der Waals surface area contributed by atoms with E-state index in [2.05, 4.69) is 5.32 Å². The van der Waals surface area contributed by atoms with Gasteiger partial charge in [0.25, 0.3) is 0 Å². The number of aliphatic carboxylic acids is 1. The number of carboxylic acids is 1. The van der Waals surface area contributed by atoms with Gasteiger partial charge < -0.3 is 10.0 Å². The molecule has 1 rings (SSSR count). The molecule has 7 heteroatoms. The number of thioether (sulfide) groups is 1. The topological polar surface area (TPSA) is 86.7 Å². The van der Waals surface area contributed by atoms with Gasteiger partial charge >= 0.3 is 12.0 Å². The highest BCUT2D eigenvalue weighted by atomic mass is 32.2. The number of urea groups is 1. The summed E-state index contributed by atoms with van der Waals surface area (Å²) in [6.07, 6.45) is -0.418. The van der Waals surface area contributed by atoms with E-state index in [0.717, 1.165) is 11.5 Å². The first-order valence-electron chi connectivity index (χ1n) is 4.98. The van der Waals surface area contributed by atoms with Crippen LogP contribution in [0, 0.1) is 0 Å². The fourth-order valence-corrected chi connectivity index (χ4v) is 2.15. The van der Waals surface area contributed by atoms with E-state index < -0.39 is 17.9 Å². The van der Waals surface area contributed by atoms with Crippen LogP contribution in [-0.2, 0) is 9.59 Å². The fourth-order valence-electron chi connectivity index (χ4n) is 1.25. The molecule has 1 aliphatic heterocycles. The average molecular weight is 246 g/mol. The Hall–Kier alpha value is -1.24. The molecule has 6 nitrogen and oxygen atoms in total. The maximum atomic E-state index is 11.5. The molecule has 3 amide bonds. The summed E-state index contributed by atoms with van der Waals surface area (Å²) in [5.74, 6) is 0.163. The van der Waals surface area contributed by atoms with Gasteiger partial charge in [0.2, 0.25) is 5.91 Å². The Balaban J connectivity index is 2.26. The SMILES string of the molecule is O=C(O)CCC(=O)NC(=O)N1CCSCC1. The van der Waals surface area contributed by atoms with Crippen molar-refractivity contribution in [1.29, 1.82) is 0 Å². The van der Waals surface area contributed by atoms with Crippen LogP contribution in [0.15, 0.2) is 0 Å². The van der Waals surface area contributed by atoms with Crippen molar-refractivity contribution in [3.05, 3.63) is 0 Å². The molecule has 1 saturated heterocycles. The maximum absolute atomic E-state index is 11.5. The number of imide groups is 1. The van der Waals surface area contributed by atoms with Gasteiger partial charge in [-0.1, -0.05) is 0 Å². The van der Waals surface area contributed by atoms with Crippen LogP contribution in [0.4, 0.5) is 4.79 Å². The lowest BCUT2D eigenvalue weighted by molar-refractivity contribution is -0.138. The predicted octanol–water partition coefficient (Wildman–Crippen LogP) is 0.136. The van der Waals surface area contributed by atoms with Crippen molar-refractivity contribution in [3.63, 3.8) is 0 Å². The van der Waals surface area contributed by atoms with Crippen LogP contribution in [0.2, 0.25) is 0 Å². The summed E-state index contributed by atoms with van der Waals surface area (Å²) >= 11 is 1.76. The molecule has 90 valence electrons. The molecule has 1 heterocycles. The summed E-state index contributed by atoms with van der Waals surface area (Å²) in [5.41, 5.74) is 0. The van der Waals surface area contributed by atoms with E-state index in [-0.39, 0.29) is 12.8 Å². The second-order valence-corrected chi connectivity index (χ2v) is 4.57. The Morgan fingerprint density at radius 2 is 1.81 bits per heavy atom. The first kappa shape index (κ1) is 12.8. The van der Waals surface area contributed by atoms with Gasteiger partial charge in [0.1, 0.15) is 0 Å². The van der Waals surface area contributed by atoms with E-state index in [4.69, 9.17) is 5.11 Å². The lowest BCUT2D eigenvalue weighted by Crippen LogP contribution is -2.46. The van der Waals surface area contributed by atoms with Crippen molar-refractivity contribution in [1.82, 2.24) is 10.2 Å². The number of rotatable bonds is 3. The molecular formula is C9H14N2O4S. The lowest BCUT2D eigenvalue weighted by Gasteiger charge is -2.26. The van der Waals surface area contributed by atoms with E-state index >= 15 is 0 Å². The van der Waals surface area contributed by atoms with Gasteiger partial charge in [-0.2, -0.15) is 11.8 Å². The van der Waals surface area contributed by atoms with E-state index in [0.29, 0.717) is 13.1 Å². The number of hydrogen-bond acceptors (Lipinski definition) is 4. The van der Waals surface area contributed by atoms with Crippen molar-refractivity contribution in [2.24, 2.45) is 0 Å². The Labute approximate surface area is 97.4 Å². The maximum Gasteiger partial charge on any atom is 0.324 e. The standard InChI is InChI=1S/C9H14N2O4S/c12-7(1-2-8(13)14)10-9(15)11-3-5-16-6-4-11/h1-6H2,(H,13,14)(H,10,12,15). The highest BCUT2D eigenvalue weighted by Crippen LogP contribution is 2.08. The zero-order chi connectivity index (χ0) is 12.0. The van der Waals surface area contributed by atoms with Crippen LogP contribution in [0.5, 0.6) is 0 Å². The molecule has 16 heavy (non-hydrogen) atoms. The number of nitrogens with one attached hydrogen (secondary N) is 1. The van der Waals surface area contributed by atoms with Gasteiger partial charge in [0.15, 0.2) is 0 Å². The van der Waals surface area contributed by atoms with Gasteiger partial charge in [-0.25, -0.2) is 4.79 Å². The van der Waals surface area contributed by atoms with Crippen molar-refractivity contribution in [2.45, 2.75) is 12.8 Å². The molecule has 2 N–H and O–H groups in total. The molecule has 0 atom stereocenters. The monoisotopic (exact) mass is 246 g/mol. The van der Waals surface area contributed by atoms with Crippen LogP contribution in [-0.4, -0.2) is 52.5 Å². The minimum absolute atomic E-state index is 0.163. The molecule has 0 aliphatic carbocycles. The molecule has 0 spiro atoms. The van der Waals surface area contributed by atoms with Crippen molar-refractivity contribution in [2.75, 3.05) is 24.6 Å². The molecule has 0 aromatic heterocycles. The van der Waals surface area contributed by atoms with Gasteiger partial charge in [0.05, 0.1) is 6.42 Å². The average Bonchev–Trinajstić information content (AvgIpc) is 2.27. The number of carbonyl (C=O) groups excluding carboxylic acids is 2. The number of nitrogens with zero attached hydrogens (tertiary/aromatic N) is 1. The molecule has 0 aromatic rings. The molecule has 0 saturated carbocycles. The quantitative estimate of drug-likeness (QED) is 0.739. The normalized spacial score (nSPS) is 15.6. The van der Waals surface area contributed by atoms with Crippen LogP contribution in [0.1, 0.15) is 12.8 Å². The number of carboxylic acid groups (broad SMARTS) is 1.